The van der Waals surface area contributed by atoms with Gasteiger partial charge in [-0.25, -0.2) is 9.78 Å². The molecule has 9 heteroatoms. The number of ether oxygens (including phenoxy) is 1. The maximum Gasteiger partial charge on any atom is 0.357 e. The number of pyridine rings is 1. The predicted molar refractivity (Wildman–Crippen MR) is 98.8 cm³/mol. The molecule has 3 rings (SSSR count). The number of amides is 1. The van der Waals surface area contributed by atoms with E-state index < -0.39 is 23.4 Å². The summed E-state index contributed by atoms with van der Waals surface area (Å²) in [6.45, 7) is -0.591. The quantitative estimate of drug-likeness (QED) is 0.408. The molecule has 0 atom stereocenters. The third kappa shape index (κ3) is 4.36. The van der Waals surface area contributed by atoms with Gasteiger partial charge in [0, 0.05) is 17.5 Å². The highest BCUT2D eigenvalue weighted by Gasteiger charge is 2.15. The van der Waals surface area contributed by atoms with Crippen LogP contribution in [0.3, 0.4) is 0 Å². The number of non-ortho nitro benzene ring substituents is 1. The van der Waals surface area contributed by atoms with Crippen LogP contribution in [0.5, 0.6) is 0 Å². The summed E-state index contributed by atoms with van der Waals surface area (Å²) in [4.78, 5) is 38.4. The van der Waals surface area contributed by atoms with E-state index in [1.165, 1.54) is 18.2 Å². The van der Waals surface area contributed by atoms with E-state index in [1.807, 2.05) is 12.1 Å². The summed E-state index contributed by atoms with van der Waals surface area (Å²) in [5.74, 6) is -1.45. The molecule has 3 aromatic rings. The summed E-state index contributed by atoms with van der Waals surface area (Å²) >= 11 is 5.90. The van der Waals surface area contributed by atoms with Gasteiger partial charge in [-0.1, -0.05) is 35.9 Å². The van der Waals surface area contributed by atoms with E-state index >= 15 is 0 Å². The summed E-state index contributed by atoms with van der Waals surface area (Å²) in [6, 6.07) is 14.1. The molecule has 0 aliphatic rings. The van der Waals surface area contributed by atoms with E-state index in [1.54, 1.807) is 18.2 Å². The first-order chi connectivity index (χ1) is 12.9. The Labute approximate surface area is 157 Å². The maximum atomic E-state index is 12.1. The number of carbonyl (C=O) groups excluding carboxylic acids is 2. The van der Waals surface area contributed by atoms with Gasteiger partial charge in [-0.05, 0) is 18.2 Å². The first kappa shape index (κ1) is 18.3. The monoisotopic (exact) mass is 385 g/mol. The fourth-order valence-corrected chi connectivity index (χ4v) is 2.46. The number of nitro groups is 1. The van der Waals surface area contributed by atoms with Crippen molar-refractivity contribution in [2.75, 3.05) is 11.9 Å². The summed E-state index contributed by atoms with van der Waals surface area (Å²) in [7, 11) is 0. The minimum atomic E-state index is -0.763. The fraction of sp³-hybridized carbons (Fsp3) is 0.0556. The molecule has 0 saturated carbocycles. The Hall–Kier alpha value is -3.52. The number of aromatic nitrogens is 1. The number of esters is 1. The smallest absolute Gasteiger partial charge is 0.357 e. The van der Waals surface area contributed by atoms with Crippen LogP contribution >= 0.6 is 11.6 Å². The van der Waals surface area contributed by atoms with Crippen molar-refractivity contribution in [3.05, 3.63) is 75.4 Å². The SMILES string of the molecule is O=C(COC(=O)c1ccc2ccccc2n1)Nc1cc([N+](=O)[O-])ccc1Cl. The number of hydrogen-bond acceptors (Lipinski definition) is 6. The van der Waals surface area contributed by atoms with Gasteiger partial charge in [-0.15, -0.1) is 0 Å². The minimum Gasteiger partial charge on any atom is -0.451 e. The Kier molecular flexibility index (Phi) is 5.28. The number of anilines is 1. The van der Waals surface area contributed by atoms with Crippen LogP contribution in [0.1, 0.15) is 10.5 Å². The molecule has 136 valence electrons. The van der Waals surface area contributed by atoms with E-state index in [2.05, 4.69) is 10.3 Å². The molecule has 0 saturated heterocycles. The van der Waals surface area contributed by atoms with Gasteiger partial charge in [0.2, 0.25) is 0 Å². The second-order valence-electron chi connectivity index (χ2n) is 5.43. The van der Waals surface area contributed by atoms with E-state index in [-0.39, 0.29) is 22.1 Å². The number of rotatable bonds is 5. The summed E-state index contributed by atoms with van der Waals surface area (Å²) in [5, 5.41) is 14.1. The highest BCUT2D eigenvalue weighted by Crippen LogP contribution is 2.26. The molecule has 0 unspecified atom stereocenters. The Morgan fingerprint density at radius 2 is 1.93 bits per heavy atom. The Balaban J connectivity index is 1.64. The first-order valence-corrected chi connectivity index (χ1v) is 8.08. The lowest BCUT2D eigenvalue weighted by Crippen LogP contribution is -2.21. The molecular formula is C18H12ClN3O5. The van der Waals surface area contributed by atoms with Crippen molar-refractivity contribution in [3.8, 4) is 0 Å². The second-order valence-corrected chi connectivity index (χ2v) is 5.84. The number of nitro benzene ring substituents is 1. The average Bonchev–Trinajstić information content (AvgIpc) is 2.67. The highest BCUT2D eigenvalue weighted by molar-refractivity contribution is 6.33. The number of halogens is 1. The molecule has 0 bridgehead atoms. The Morgan fingerprint density at radius 1 is 1.15 bits per heavy atom. The first-order valence-electron chi connectivity index (χ1n) is 7.71. The van der Waals surface area contributed by atoms with Gasteiger partial charge in [0.1, 0.15) is 5.69 Å². The van der Waals surface area contributed by atoms with Gasteiger partial charge in [0.05, 0.1) is 21.2 Å². The summed E-state index contributed by atoms with van der Waals surface area (Å²) in [5.41, 5.74) is 0.512. The zero-order chi connectivity index (χ0) is 19.4. The molecule has 27 heavy (non-hydrogen) atoms. The van der Waals surface area contributed by atoms with Gasteiger partial charge >= 0.3 is 5.97 Å². The van der Waals surface area contributed by atoms with E-state index in [4.69, 9.17) is 16.3 Å². The van der Waals surface area contributed by atoms with Crippen LogP contribution in [0.4, 0.5) is 11.4 Å². The normalized spacial score (nSPS) is 10.4. The Morgan fingerprint density at radius 3 is 2.70 bits per heavy atom. The van der Waals surface area contributed by atoms with Crippen LogP contribution < -0.4 is 5.32 Å². The van der Waals surface area contributed by atoms with Crippen LogP contribution in [0.15, 0.2) is 54.6 Å². The fourth-order valence-electron chi connectivity index (χ4n) is 2.29. The molecule has 1 amide bonds. The van der Waals surface area contributed by atoms with Crippen LogP contribution in [-0.4, -0.2) is 28.4 Å². The van der Waals surface area contributed by atoms with Crippen LogP contribution in [0.25, 0.3) is 10.9 Å². The minimum absolute atomic E-state index is 0.0516. The van der Waals surface area contributed by atoms with Crippen molar-refractivity contribution in [1.29, 1.82) is 0 Å². The van der Waals surface area contributed by atoms with Gasteiger partial charge in [-0.2, -0.15) is 0 Å². The van der Waals surface area contributed by atoms with Gasteiger partial charge in [0.25, 0.3) is 11.6 Å². The van der Waals surface area contributed by atoms with Gasteiger partial charge in [-0.3, -0.25) is 14.9 Å². The summed E-state index contributed by atoms with van der Waals surface area (Å²) in [6.07, 6.45) is 0. The van der Waals surface area contributed by atoms with E-state index in [0.717, 1.165) is 11.5 Å². The zero-order valence-electron chi connectivity index (χ0n) is 13.7. The van der Waals surface area contributed by atoms with Crippen LogP contribution in [0, 0.1) is 10.1 Å². The predicted octanol–water partition coefficient (Wildman–Crippen LogP) is 3.59. The molecule has 0 fully saturated rings. The van der Waals surface area contributed by atoms with Crippen molar-refractivity contribution >= 4 is 45.8 Å². The number of fused-ring (bicyclic) bond motifs is 1. The summed E-state index contributed by atoms with van der Waals surface area (Å²) < 4.78 is 4.94. The molecule has 0 spiro atoms. The lowest BCUT2D eigenvalue weighted by molar-refractivity contribution is -0.384. The van der Waals surface area contributed by atoms with Crippen molar-refractivity contribution in [2.45, 2.75) is 0 Å². The lowest BCUT2D eigenvalue weighted by Gasteiger charge is -2.08. The van der Waals surface area contributed by atoms with E-state index in [0.29, 0.717) is 5.52 Å². The molecule has 1 N–H and O–H groups in total. The standard InChI is InChI=1S/C18H12ClN3O5/c19-13-7-6-12(22(25)26)9-16(13)21-17(23)10-27-18(24)15-8-5-11-3-1-2-4-14(11)20-15/h1-9H,10H2,(H,21,23). The second kappa shape index (κ2) is 7.79. The van der Waals surface area contributed by atoms with Crippen molar-refractivity contribution in [2.24, 2.45) is 0 Å². The lowest BCUT2D eigenvalue weighted by atomic mass is 10.2. The maximum absolute atomic E-state index is 12.1. The molecular weight excluding hydrogens is 374 g/mol. The van der Waals surface area contributed by atoms with Crippen LogP contribution in [-0.2, 0) is 9.53 Å². The number of benzene rings is 2. The zero-order valence-corrected chi connectivity index (χ0v) is 14.5. The number of nitrogens with one attached hydrogen (secondary N) is 1. The molecule has 8 nitrogen and oxygen atoms in total. The molecule has 1 aromatic heterocycles. The molecule has 2 aromatic carbocycles. The van der Waals surface area contributed by atoms with Crippen molar-refractivity contribution in [1.82, 2.24) is 4.98 Å². The molecule has 0 aliphatic heterocycles. The number of carbonyl (C=O) groups is 2. The number of para-hydroxylation sites is 1. The largest absolute Gasteiger partial charge is 0.451 e. The Bertz CT molecular complexity index is 1050. The van der Waals surface area contributed by atoms with Gasteiger partial charge < -0.3 is 10.1 Å². The number of hydrogen-bond donors (Lipinski definition) is 1. The molecule has 0 radical (unpaired) electrons. The topological polar surface area (TPSA) is 111 Å². The molecule has 1 heterocycles. The third-order valence-electron chi connectivity index (χ3n) is 3.58. The van der Waals surface area contributed by atoms with E-state index in [9.17, 15) is 19.7 Å². The average molecular weight is 386 g/mol. The third-order valence-corrected chi connectivity index (χ3v) is 3.91. The van der Waals surface area contributed by atoms with Crippen molar-refractivity contribution in [3.63, 3.8) is 0 Å². The highest BCUT2D eigenvalue weighted by atomic mass is 35.5. The number of nitrogens with zero attached hydrogens (tertiary/aromatic N) is 2. The molecule has 0 aliphatic carbocycles. The van der Waals surface area contributed by atoms with Crippen LogP contribution in [0.2, 0.25) is 5.02 Å². The van der Waals surface area contributed by atoms with Gasteiger partial charge in [0.15, 0.2) is 6.61 Å². The van der Waals surface area contributed by atoms with Crippen molar-refractivity contribution < 1.29 is 19.2 Å².